The van der Waals surface area contributed by atoms with Crippen molar-refractivity contribution in [2.45, 2.75) is 51.6 Å². The predicted octanol–water partition coefficient (Wildman–Crippen LogP) is 1.93. The van der Waals surface area contributed by atoms with E-state index < -0.39 is 11.7 Å². The summed E-state index contributed by atoms with van der Waals surface area (Å²) in [5, 5.41) is 0. The van der Waals surface area contributed by atoms with Crippen LogP contribution in [0.1, 0.15) is 46.0 Å². The fraction of sp³-hybridized carbons (Fsp3) is 0.769. The van der Waals surface area contributed by atoms with E-state index in [0.29, 0.717) is 6.42 Å². The van der Waals surface area contributed by atoms with Crippen molar-refractivity contribution in [3.05, 3.63) is 5.53 Å². The summed E-state index contributed by atoms with van der Waals surface area (Å²) in [5.74, 6) is -0.274. The Kier molecular flexibility index (Phi) is 5.24. The number of Topliss-reactive ketones (excluding diaryl/α,β-unsaturated/α-hetero) is 1. The van der Waals surface area contributed by atoms with Crippen molar-refractivity contribution >= 4 is 18.1 Å². The Morgan fingerprint density at radius 1 is 1.47 bits per heavy atom. The van der Waals surface area contributed by atoms with E-state index in [1.807, 2.05) is 0 Å². The molecular formula is C13H21N3O3. The van der Waals surface area contributed by atoms with Gasteiger partial charge in [0.1, 0.15) is 5.60 Å². The van der Waals surface area contributed by atoms with E-state index >= 15 is 0 Å². The van der Waals surface area contributed by atoms with Gasteiger partial charge in [-0.25, -0.2) is 4.79 Å². The third-order valence-corrected chi connectivity index (χ3v) is 3.61. The van der Waals surface area contributed by atoms with E-state index in [-0.39, 0.29) is 17.6 Å². The second-order valence-corrected chi connectivity index (χ2v) is 5.68. The molecule has 2 N–H and O–H groups in total. The van der Waals surface area contributed by atoms with Gasteiger partial charge in [-0.15, -0.1) is 0 Å². The lowest BCUT2D eigenvalue weighted by Gasteiger charge is -2.30. The van der Waals surface area contributed by atoms with Crippen LogP contribution in [0.5, 0.6) is 0 Å². The van der Waals surface area contributed by atoms with Crippen molar-refractivity contribution in [2.24, 2.45) is 17.6 Å². The van der Waals surface area contributed by atoms with Gasteiger partial charge in [0.05, 0.1) is 0 Å². The first-order valence-corrected chi connectivity index (χ1v) is 6.55. The molecule has 1 aliphatic rings. The summed E-state index contributed by atoms with van der Waals surface area (Å²) in [6.07, 6.45) is 4.61. The van der Waals surface area contributed by atoms with Gasteiger partial charge in [0.25, 0.3) is 0 Å². The number of nitrogens with two attached hydrogens (primary N) is 1. The first-order chi connectivity index (χ1) is 8.85. The highest BCUT2D eigenvalue weighted by Gasteiger charge is 2.37. The molecular weight excluding hydrogens is 246 g/mol. The van der Waals surface area contributed by atoms with Crippen LogP contribution in [-0.4, -0.2) is 28.5 Å². The zero-order valence-electron chi connectivity index (χ0n) is 11.5. The zero-order chi connectivity index (χ0) is 14.5. The molecule has 0 heterocycles. The summed E-state index contributed by atoms with van der Waals surface area (Å²) in [5.41, 5.74) is 12.7. The smallest absolute Gasteiger partial charge is 0.405 e. The van der Waals surface area contributed by atoms with Gasteiger partial charge in [0.15, 0.2) is 0 Å². The van der Waals surface area contributed by atoms with Crippen LogP contribution in [0.25, 0.3) is 5.53 Å². The average molecular weight is 267 g/mol. The maximum Gasteiger partial charge on any atom is 0.405 e. The Morgan fingerprint density at radius 2 is 2.05 bits per heavy atom. The van der Waals surface area contributed by atoms with Crippen LogP contribution in [0.4, 0.5) is 4.79 Å². The molecule has 19 heavy (non-hydrogen) atoms. The van der Waals surface area contributed by atoms with Crippen LogP contribution < -0.4 is 5.73 Å². The summed E-state index contributed by atoms with van der Waals surface area (Å²) in [6, 6.07) is 0. The molecule has 1 fully saturated rings. The summed E-state index contributed by atoms with van der Waals surface area (Å²) in [7, 11) is 0. The fourth-order valence-corrected chi connectivity index (χ4v) is 2.86. The molecule has 0 spiro atoms. The van der Waals surface area contributed by atoms with Crippen molar-refractivity contribution in [1.82, 2.24) is 0 Å². The van der Waals surface area contributed by atoms with Gasteiger partial charge in [-0.3, -0.25) is 4.79 Å². The lowest BCUT2D eigenvalue weighted by Crippen LogP contribution is -2.37. The number of nitrogens with zero attached hydrogens (tertiary/aromatic N) is 2. The largest absolute Gasteiger partial charge is 0.444 e. The van der Waals surface area contributed by atoms with Crippen LogP contribution >= 0.6 is 0 Å². The predicted molar refractivity (Wildman–Crippen MR) is 69.5 cm³/mol. The van der Waals surface area contributed by atoms with Crippen molar-refractivity contribution in [3.8, 4) is 0 Å². The molecule has 0 aromatic rings. The summed E-state index contributed by atoms with van der Waals surface area (Å²) < 4.78 is 5.04. The third kappa shape index (κ3) is 4.83. The van der Waals surface area contributed by atoms with Gasteiger partial charge in [0.2, 0.25) is 5.78 Å². The van der Waals surface area contributed by atoms with E-state index in [4.69, 9.17) is 16.0 Å². The van der Waals surface area contributed by atoms with Crippen LogP contribution in [-0.2, 0) is 9.53 Å². The summed E-state index contributed by atoms with van der Waals surface area (Å²) in [6.45, 7) is 3.45. The molecule has 6 nitrogen and oxygen atoms in total. The number of primary amides is 1. The molecule has 0 aliphatic heterocycles. The highest BCUT2D eigenvalue weighted by atomic mass is 16.6. The van der Waals surface area contributed by atoms with Crippen LogP contribution in [0.2, 0.25) is 0 Å². The monoisotopic (exact) mass is 267 g/mol. The Bertz CT molecular complexity index is 394. The highest BCUT2D eigenvalue weighted by molar-refractivity contribution is 6.26. The molecule has 1 amide bonds. The molecule has 0 radical (unpaired) electrons. The number of hydrogen-bond acceptors (Lipinski definition) is 3. The quantitative estimate of drug-likeness (QED) is 0.451. The topological polar surface area (TPSA) is 106 Å². The van der Waals surface area contributed by atoms with Gasteiger partial charge in [-0.2, -0.15) is 4.79 Å². The molecule has 1 saturated carbocycles. The Balaban J connectivity index is 2.81. The van der Waals surface area contributed by atoms with E-state index in [1.165, 1.54) is 0 Å². The van der Waals surface area contributed by atoms with Crippen LogP contribution in [0, 0.1) is 11.8 Å². The first-order valence-electron chi connectivity index (χ1n) is 6.55. The Morgan fingerprint density at radius 3 is 2.53 bits per heavy atom. The number of hydrogen-bond donors (Lipinski definition) is 1. The second kappa shape index (κ2) is 6.48. The standard InChI is InChI=1S/C13H21N3O3/c1-13(2,19-12(14)18)7-10(11(17)8-16-15)9-5-3-4-6-9/h8-10H,3-7H2,1-2H3,(H2,14,18). The number of ether oxygens (including phenoxy) is 1. The number of amides is 1. The van der Waals surface area contributed by atoms with E-state index in [9.17, 15) is 9.59 Å². The molecule has 1 unspecified atom stereocenters. The number of carbonyl (C=O) groups excluding carboxylic acids is 2. The van der Waals surface area contributed by atoms with Crippen molar-refractivity contribution < 1.29 is 19.1 Å². The molecule has 106 valence electrons. The SMILES string of the molecule is CC(C)(CC(C(=O)C=[N+]=[N-])C1CCCC1)OC(N)=O. The normalized spacial score (nSPS) is 17.6. The fourth-order valence-electron chi connectivity index (χ4n) is 2.86. The Hall–Kier alpha value is -1.68. The molecule has 1 aliphatic carbocycles. The number of carbonyl (C=O) groups is 2. The highest BCUT2D eigenvalue weighted by Crippen LogP contribution is 2.36. The number of rotatable bonds is 6. The van der Waals surface area contributed by atoms with Gasteiger partial charge < -0.3 is 16.0 Å². The van der Waals surface area contributed by atoms with Crippen LogP contribution in [0.3, 0.4) is 0 Å². The zero-order valence-corrected chi connectivity index (χ0v) is 11.5. The molecule has 1 rings (SSSR count). The molecule has 0 bridgehead atoms. The minimum Gasteiger partial charge on any atom is -0.444 e. The average Bonchev–Trinajstić information content (AvgIpc) is 2.77. The third-order valence-electron chi connectivity index (χ3n) is 3.61. The van der Waals surface area contributed by atoms with Crippen molar-refractivity contribution in [3.63, 3.8) is 0 Å². The lowest BCUT2D eigenvalue weighted by molar-refractivity contribution is -0.123. The summed E-state index contributed by atoms with van der Waals surface area (Å²) >= 11 is 0. The first kappa shape index (κ1) is 15.4. The maximum absolute atomic E-state index is 12.0. The van der Waals surface area contributed by atoms with Gasteiger partial charge in [-0.05, 0) is 39.0 Å². The van der Waals surface area contributed by atoms with E-state index in [0.717, 1.165) is 31.9 Å². The maximum atomic E-state index is 12.0. The molecule has 6 heteroatoms. The minimum absolute atomic E-state index is 0.226. The van der Waals surface area contributed by atoms with E-state index in [1.54, 1.807) is 13.8 Å². The van der Waals surface area contributed by atoms with Gasteiger partial charge in [-0.1, -0.05) is 12.8 Å². The van der Waals surface area contributed by atoms with Gasteiger partial charge >= 0.3 is 12.3 Å². The minimum atomic E-state index is -0.849. The molecule has 0 aromatic heterocycles. The molecule has 1 atom stereocenters. The van der Waals surface area contributed by atoms with E-state index in [2.05, 4.69) is 4.79 Å². The molecule has 0 aromatic carbocycles. The molecule has 0 saturated heterocycles. The van der Waals surface area contributed by atoms with Crippen LogP contribution in [0.15, 0.2) is 0 Å². The lowest BCUT2D eigenvalue weighted by atomic mass is 9.80. The summed E-state index contributed by atoms with van der Waals surface area (Å²) in [4.78, 5) is 25.7. The Labute approximate surface area is 112 Å². The van der Waals surface area contributed by atoms with Crippen molar-refractivity contribution in [1.29, 1.82) is 0 Å². The number of ketones is 1. The second-order valence-electron chi connectivity index (χ2n) is 5.68. The van der Waals surface area contributed by atoms with Crippen molar-refractivity contribution in [2.75, 3.05) is 0 Å². The van der Waals surface area contributed by atoms with Gasteiger partial charge in [0, 0.05) is 5.92 Å².